The van der Waals surface area contributed by atoms with E-state index in [1.807, 2.05) is 0 Å². The summed E-state index contributed by atoms with van der Waals surface area (Å²) < 4.78 is 114. The minimum atomic E-state index is -2.85. The molecule has 0 spiro atoms. The van der Waals surface area contributed by atoms with Gasteiger partial charge in [0.2, 0.25) is 0 Å². The SMILES string of the molecule is N#CC=Cc1c(F)c(F)c(C(C#N)c2c(F)c(F)c(C=CC#N)c(F)c2F)c(F)c1F. The van der Waals surface area contributed by atoms with Gasteiger partial charge in [-0.1, -0.05) is 0 Å². The summed E-state index contributed by atoms with van der Waals surface area (Å²) in [5.74, 6) is -20.4. The summed E-state index contributed by atoms with van der Waals surface area (Å²) in [4.78, 5) is 0. The van der Waals surface area contributed by atoms with Crippen molar-refractivity contribution in [2.75, 3.05) is 0 Å². The van der Waals surface area contributed by atoms with Crippen LogP contribution in [0.3, 0.4) is 0 Å². The topological polar surface area (TPSA) is 71.4 Å². The number of hydrogen-bond acceptors (Lipinski definition) is 3. The average molecular weight is 439 g/mol. The zero-order chi connectivity index (χ0) is 23.5. The van der Waals surface area contributed by atoms with E-state index in [4.69, 9.17) is 10.5 Å². The molecule has 3 nitrogen and oxygen atoms in total. The summed E-state index contributed by atoms with van der Waals surface area (Å²) >= 11 is 0. The van der Waals surface area contributed by atoms with Crippen molar-refractivity contribution in [2.24, 2.45) is 0 Å². The van der Waals surface area contributed by atoms with E-state index in [2.05, 4.69) is 0 Å². The Morgan fingerprint density at radius 3 is 1.03 bits per heavy atom. The monoisotopic (exact) mass is 439 g/mol. The highest BCUT2D eigenvalue weighted by molar-refractivity contribution is 5.58. The van der Waals surface area contributed by atoms with E-state index in [-0.39, 0.29) is 0 Å². The second kappa shape index (κ2) is 9.10. The number of benzene rings is 2. The van der Waals surface area contributed by atoms with Crippen molar-refractivity contribution in [1.29, 1.82) is 15.8 Å². The van der Waals surface area contributed by atoms with Crippen LogP contribution in [0.4, 0.5) is 35.1 Å². The largest absolute Gasteiger partial charge is 0.203 e. The van der Waals surface area contributed by atoms with Crippen molar-refractivity contribution in [3.63, 3.8) is 0 Å². The second-order valence-electron chi connectivity index (χ2n) is 5.65. The molecule has 156 valence electrons. The Morgan fingerprint density at radius 2 is 0.806 bits per heavy atom. The molecule has 0 N–H and O–H groups in total. The zero-order valence-electron chi connectivity index (χ0n) is 14.8. The third-order valence-electron chi connectivity index (χ3n) is 4.02. The molecule has 0 unspecified atom stereocenters. The Balaban J connectivity index is 2.90. The van der Waals surface area contributed by atoms with Crippen LogP contribution in [0.2, 0.25) is 0 Å². The van der Waals surface area contributed by atoms with Gasteiger partial charge >= 0.3 is 0 Å². The fraction of sp³-hybridized carbons (Fsp3) is 0.0500. The molecule has 0 saturated carbocycles. The Morgan fingerprint density at radius 1 is 0.516 bits per heavy atom. The molecule has 11 heteroatoms. The summed E-state index contributed by atoms with van der Waals surface area (Å²) in [7, 11) is 0. The van der Waals surface area contributed by atoms with Gasteiger partial charge in [0.1, 0.15) is 5.92 Å². The number of allylic oxidation sites excluding steroid dienone is 2. The van der Waals surface area contributed by atoms with Crippen LogP contribution in [0.15, 0.2) is 12.2 Å². The fourth-order valence-electron chi connectivity index (χ4n) is 2.65. The van der Waals surface area contributed by atoms with Crippen LogP contribution in [-0.4, -0.2) is 0 Å². The van der Waals surface area contributed by atoms with Crippen molar-refractivity contribution < 1.29 is 35.1 Å². The van der Waals surface area contributed by atoms with Crippen LogP contribution < -0.4 is 0 Å². The minimum Gasteiger partial charge on any atom is -0.203 e. The van der Waals surface area contributed by atoms with Gasteiger partial charge in [-0.05, 0) is 12.2 Å². The van der Waals surface area contributed by atoms with E-state index in [1.165, 1.54) is 12.1 Å². The molecule has 2 aromatic carbocycles. The normalized spacial score (nSPS) is 12.0. The maximum absolute atomic E-state index is 14.4. The van der Waals surface area contributed by atoms with Crippen molar-refractivity contribution >= 4 is 12.2 Å². The number of nitrogens with zero attached hydrogens (tertiary/aromatic N) is 3. The van der Waals surface area contributed by atoms with Gasteiger partial charge in [-0.2, -0.15) is 15.8 Å². The average Bonchev–Trinajstić information content (AvgIpc) is 2.75. The second-order valence-corrected chi connectivity index (χ2v) is 5.65. The van der Waals surface area contributed by atoms with Crippen molar-refractivity contribution in [2.45, 2.75) is 5.92 Å². The minimum absolute atomic E-state index is 0.360. The first kappa shape index (κ1) is 23.1. The van der Waals surface area contributed by atoms with E-state index in [9.17, 15) is 40.4 Å². The third-order valence-corrected chi connectivity index (χ3v) is 4.02. The Kier molecular flexibility index (Phi) is 6.79. The molecule has 31 heavy (non-hydrogen) atoms. The molecular weight excluding hydrogens is 434 g/mol. The van der Waals surface area contributed by atoms with Gasteiger partial charge in [-0.25, -0.2) is 35.1 Å². The van der Waals surface area contributed by atoms with Gasteiger partial charge in [-0.3, -0.25) is 0 Å². The van der Waals surface area contributed by atoms with E-state index in [0.29, 0.717) is 24.3 Å². The number of nitriles is 3. The lowest BCUT2D eigenvalue weighted by Crippen LogP contribution is -2.16. The maximum atomic E-state index is 14.4. The molecule has 0 bridgehead atoms. The first-order valence-electron chi connectivity index (χ1n) is 7.87. The van der Waals surface area contributed by atoms with E-state index < -0.39 is 74.7 Å². The maximum Gasteiger partial charge on any atom is 0.169 e. The highest BCUT2D eigenvalue weighted by atomic mass is 19.2. The quantitative estimate of drug-likeness (QED) is 0.357. The van der Waals surface area contributed by atoms with E-state index >= 15 is 0 Å². The Bertz CT molecular complexity index is 1110. The first-order chi connectivity index (χ1) is 14.6. The predicted molar refractivity (Wildman–Crippen MR) is 89.3 cm³/mol. The first-order valence-corrected chi connectivity index (χ1v) is 7.87. The molecule has 2 aromatic rings. The van der Waals surface area contributed by atoms with Crippen molar-refractivity contribution in [3.05, 3.63) is 80.9 Å². The van der Waals surface area contributed by atoms with Gasteiger partial charge in [0, 0.05) is 12.2 Å². The van der Waals surface area contributed by atoms with Crippen molar-refractivity contribution in [1.82, 2.24) is 0 Å². The molecule has 0 amide bonds. The molecule has 0 heterocycles. The van der Waals surface area contributed by atoms with E-state index in [0.717, 1.165) is 6.07 Å². The predicted octanol–water partition coefficient (Wildman–Crippen LogP) is 5.53. The number of hydrogen-bond donors (Lipinski definition) is 0. The summed E-state index contributed by atoms with van der Waals surface area (Å²) in [6.45, 7) is 0. The highest BCUT2D eigenvalue weighted by Crippen LogP contribution is 2.38. The number of rotatable bonds is 4. The van der Waals surface area contributed by atoms with E-state index in [1.54, 1.807) is 0 Å². The molecule has 0 aliphatic heterocycles. The lowest BCUT2D eigenvalue weighted by Gasteiger charge is -2.17. The molecular formula is C20H5F8N3. The van der Waals surface area contributed by atoms with Gasteiger partial charge in [0.05, 0.1) is 40.5 Å². The molecule has 0 radical (unpaired) electrons. The summed E-state index contributed by atoms with van der Waals surface area (Å²) in [5, 5.41) is 26.0. The van der Waals surface area contributed by atoms with Crippen LogP contribution in [0.5, 0.6) is 0 Å². The van der Waals surface area contributed by atoms with Crippen LogP contribution in [0.1, 0.15) is 28.2 Å². The molecule has 0 saturated heterocycles. The molecule has 0 fully saturated rings. The molecule has 2 rings (SSSR count). The fourth-order valence-corrected chi connectivity index (χ4v) is 2.65. The summed E-state index contributed by atoms with van der Waals surface area (Å²) in [6, 6.07) is 3.59. The van der Waals surface area contributed by atoms with Crippen LogP contribution in [-0.2, 0) is 0 Å². The smallest absolute Gasteiger partial charge is 0.169 e. The molecule has 0 aromatic heterocycles. The molecule has 0 atom stereocenters. The van der Waals surface area contributed by atoms with Crippen LogP contribution in [0.25, 0.3) is 12.2 Å². The van der Waals surface area contributed by atoms with Crippen LogP contribution >= 0.6 is 0 Å². The standard InChI is InChI=1S/C20H5F8N3/c21-13-8(3-1-5-29)14(22)18(26)11(17(13)25)10(7-31)12-19(27)15(23)9(4-2-6-30)16(24)20(12)28/h1-4,10H. The highest BCUT2D eigenvalue weighted by Gasteiger charge is 2.36. The van der Waals surface area contributed by atoms with Crippen molar-refractivity contribution in [3.8, 4) is 18.2 Å². The Hall–Kier alpha value is -4.17. The van der Waals surface area contributed by atoms with Gasteiger partial charge in [0.15, 0.2) is 46.5 Å². The van der Waals surface area contributed by atoms with Gasteiger partial charge < -0.3 is 0 Å². The summed E-state index contributed by atoms with van der Waals surface area (Å²) in [6.07, 6.45) is 1.66. The lowest BCUT2D eigenvalue weighted by molar-refractivity contribution is 0.419. The van der Waals surface area contributed by atoms with Gasteiger partial charge in [0.25, 0.3) is 0 Å². The lowest BCUT2D eigenvalue weighted by atomic mass is 9.88. The van der Waals surface area contributed by atoms with Gasteiger partial charge in [-0.15, -0.1) is 0 Å². The summed E-state index contributed by atoms with van der Waals surface area (Å²) in [5.41, 5.74) is -6.42. The van der Waals surface area contributed by atoms with Crippen LogP contribution in [0, 0.1) is 80.5 Å². The Labute approximate surface area is 169 Å². The third kappa shape index (κ3) is 3.84. The molecule has 0 aliphatic carbocycles. The molecule has 0 aliphatic rings. The number of halogens is 8. The zero-order valence-corrected chi connectivity index (χ0v) is 14.8.